The Morgan fingerprint density at radius 3 is 2.82 bits per heavy atom. The number of carbonyl (C=O) groups is 1. The molecule has 0 bridgehead atoms. The number of fused-ring (bicyclic) bond motifs is 2. The second-order valence-electron chi connectivity index (χ2n) is 5.89. The van der Waals surface area contributed by atoms with E-state index in [1.807, 2.05) is 0 Å². The lowest BCUT2D eigenvalue weighted by Crippen LogP contribution is -2.40. The molecular formula is C15H18O7. The van der Waals surface area contributed by atoms with Gasteiger partial charge in [0.15, 0.2) is 6.10 Å². The van der Waals surface area contributed by atoms with Crippen LogP contribution in [0.4, 0.5) is 0 Å². The fourth-order valence-corrected chi connectivity index (χ4v) is 3.28. The Bertz CT molecular complexity index is 635. The molecule has 3 N–H and O–H groups in total. The van der Waals surface area contributed by atoms with Crippen LogP contribution in [-0.4, -0.2) is 33.5 Å². The molecule has 22 heavy (non-hydrogen) atoms. The first kappa shape index (κ1) is 15.1. The third-order valence-corrected chi connectivity index (χ3v) is 4.41. The van der Waals surface area contributed by atoms with Crippen molar-refractivity contribution >= 4 is 5.97 Å². The van der Waals surface area contributed by atoms with Gasteiger partial charge in [0, 0.05) is 18.4 Å². The summed E-state index contributed by atoms with van der Waals surface area (Å²) in [6.07, 6.45) is 0.556. The SMILES string of the molecule is O=C(O)C(O)Cc1cc2c(c(=O)o1)[C@@H](O)[C@@H]1CCCC[C@@H]1O2. The first-order valence-electron chi connectivity index (χ1n) is 7.40. The number of aliphatic hydroxyl groups excluding tert-OH is 2. The van der Waals surface area contributed by atoms with E-state index in [2.05, 4.69) is 0 Å². The third-order valence-electron chi connectivity index (χ3n) is 4.41. The molecule has 120 valence electrons. The predicted molar refractivity (Wildman–Crippen MR) is 73.7 cm³/mol. The molecule has 0 aromatic carbocycles. The maximum atomic E-state index is 12.1. The van der Waals surface area contributed by atoms with Crippen molar-refractivity contribution < 1.29 is 29.3 Å². The van der Waals surface area contributed by atoms with E-state index in [0.717, 1.165) is 25.7 Å². The molecule has 2 aliphatic rings. The molecule has 3 rings (SSSR count). The second kappa shape index (κ2) is 5.73. The third kappa shape index (κ3) is 2.62. The molecule has 1 aromatic rings. The molecule has 1 fully saturated rings. The van der Waals surface area contributed by atoms with Gasteiger partial charge in [-0.1, -0.05) is 6.42 Å². The first-order chi connectivity index (χ1) is 10.5. The van der Waals surface area contributed by atoms with E-state index in [4.69, 9.17) is 14.3 Å². The highest BCUT2D eigenvalue weighted by Crippen LogP contribution is 2.43. The number of aliphatic carboxylic acids is 1. The van der Waals surface area contributed by atoms with Crippen LogP contribution in [0.25, 0.3) is 0 Å². The van der Waals surface area contributed by atoms with Gasteiger partial charge in [0.2, 0.25) is 0 Å². The molecule has 1 aliphatic heterocycles. The van der Waals surface area contributed by atoms with Crippen LogP contribution < -0.4 is 10.4 Å². The Hall–Kier alpha value is -1.86. The average molecular weight is 310 g/mol. The molecule has 2 heterocycles. The summed E-state index contributed by atoms with van der Waals surface area (Å²) in [6, 6.07) is 1.40. The molecule has 1 aromatic heterocycles. The fourth-order valence-electron chi connectivity index (χ4n) is 3.28. The van der Waals surface area contributed by atoms with Gasteiger partial charge in [0.25, 0.3) is 0 Å². The molecule has 0 amide bonds. The van der Waals surface area contributed by atoms with E-state index in [1.54, 1.807) is 0 Å². The minimum absolute atomic E-state index is 0.0279. The molecule has 0 radical (unpaired) electrons. The molecular weight excluding hydrogens is 292 g/mol. The number of rotatable bonds is 3. The van der Waals surface area contributed by atoms with Gasteiger partial charge < -0.3 is 24.5 Å². The highest BCUT2D eigenvalue weighted by molar-refractivity contribution is 5.72. The molecule has 0 saturated heterocycles. The monoisotopic (exact) mass is 310 g/mol. The van der Waals surface area contributed by atoms with Crippen LogP contribution in [0.5, 0.6) is 5.75 Å². The molecule has 7 heteroatoms. The maximum Gasteiger partial charge on any atom is 0.345 e. The lowest BCUT2D eigenvalue weighted by molar-refractivity contribution is -0.146. The van der Waals surface area contributed by atoms with Crippen molar-refractivity contribution in [3.05, 3.63) is 27.8 Å². The zero-order valence-electron chi connectivity index (χ0n) is 11.9. The predicted octanol–water partition coefficient (Wildman–Crippen LogP) is 0.612. The Balaban J connectivity index is 1.94. The van der Waals surface area contributed by atoms with E-state index in [-0.39, 0.29) is 35.5 Å². The van der Waals surface area contributed by atoms with Gasteiger partial charge >= 0.3 is 11.6 Å². The van der Waals surface area contributed by atoms with E-state index >= 15 is 0 Å². The van der Waals surface area contributed by atoms with Gasteiger partial charge in [-0.3, -0.25) is 0 Å². The fraction of sp³-hybridized carbons (Fsp3) is 0.600. The Morgan fingerprint density at radius 1 is 1.36 bits per heavy atom. The van der Waals surface area contributed by atoms with Gasteiger partial charge in [-0.2, -0.15) is 0 Å². The van der Waals surface area contributed by atoms with E-state index in [9.17, 15) is 19.8 Å². The van der Waals surface area contributed by atoms with Crippen LogP contribution in [0.3, 0.4) is 0 Å². The van der Waals surface area contributed by atoms with Crippen molar-refractivity contribution in [2.45, 2.75) is 50.4 Å². The van der Waals surface area contributed by atoms with Gasteiger partial charge in [-0.25, -0.2) is 9.59 Å². The lowest BCUT2D eigenvalue weighted by Gasteiger charge is -2.39. The van der Waals surface area contributed by atoms with Crippen LogP contribution in [0, 0.1) is 5.92 Å². The van der Waals surface area contributed by atoms with Crippen LogP contribution >= 0.6 is 0 Å². The van der Waals surface area contributed by atoms with Crippen molar-refractivity contribution in [1.29, 1.82) is 0 Å². The highest BCUT2D eigenvalue weighted by atomic mass is 16.5. The zero-order chi connectivity index (χ0) is 15.9. The molecule has 0 spiro atoms. The minimum Gasteiger partial charge on any atom is -0.489 e. The Morgan fingerprint density at radius 2 is 2.09 bits per heavy atom. The smallest absolute Gasteiger partial charge is 0.345 e. The number of ether oxygens (including phenoxy) is 1. The van der Waals surface area contributed by atoms with Crippen LogP contribution in [0.1, 0.15) is 43.1 Å². The molecule has 1 saturated carbocycles. The van der Waals surface area contributed by atoms with Crippen LogP contribution in [0.2, 0.25) is 0 Å². The van der Waals surface area contributed by atoms with Crippen LogP contribution in [0.15, 0.2) is 15.3 Å². The molecule has 4 atom stereocenters. The van der Waals surface area contributed by atoms with E-state index in [1.165, 1.54) is 6.07 Å². The Kier molecular flexibility index (Phi) is 3.92. The van der Waals surface area contributed by atoms with Gasteiger partial charge in [-0.15, -0.1) is 0 Å². The summed E-state index contributed by atoms with van der Waals surface area (Å²) in [7, 11) is 0. The molecule has 1 unspecified atom stereocenters. The van der Waals surface area contributed by atoms with Crippen LogP contribution in [-0.2, 0) is 11.2 Å². The van der Waals surface area contributed by atoms with Crippen molar-refractivity contribution in [2.75, 3.05) is 0 Å². The first-order valence-corrected chi connectivity index (χ1v) is 7.40. The minimum atomic E-state index is -1.66. The Labute approximate surface area is 126 Å². The van der Waals surface area contributed by atoms with Crippen molar-refractivity contribution in [2.24, 2.45) is 5.92 Å². The summed E-state index contributed by atoms with van der Waals surface area (Å²) >= 11 is 0. The number of hydrogen-bond acceptors (Lipinski definition) is 6. The number of carboxylic acid groups (broad SMARTS) is 1. The average Bonchev–Trinajstić information content (AvgIpc) is 2.46. The van der Waals surface area contributed by atoms with Crippen molar-refractivity contribution in [3.63, 3.8) is 0 Å². The second-order valence-corrected chi connectivity index (χ2v) is 5.89. The summed E-state index contributed by atoms with van der Waals surface area (Å²) in [4.78, 5) is 22.8. The van der Waals surface area contributed by atoms with Gasteiger partial charge in [0.1, 0.15) is 23.2 Å². The number of hydrogen-bond donors (Lipinski definition) is 3. The quantitative estimate of drug-likeness (QED) is 0.748. The van der Waals surface area contributed by atoms with Gasteiger partial charge in [-0.05, 0) is 19.3 Å². The summed E-state index contributed by atoms with van der Waals surface area (Å²) in [5.74, 6) is -1.24. The standard InChI is InChI=1S/C15H18O7/c16-9(14(18)19)5-7-6-11-12(15(20)21-7)13(17)8-3-1-2-4-10(8)22-11/h6,8-10,13,16-17H,1-5H2,(H,18,19)/t8-,9?,10+,13+/m1/s1. The normalized spacial score (nSPS) is 28.2. The molecule has 1 aliphatic carbocycles. The van der Waals surface area contributed by atoms with E-state index < -0.39 is 23.8 Å². The summed E-state index contributed by atoms with van der Waals surface area (Å²) in [6.45, 7) is 0. The summed E-state index contributed by atoms with van der Waals surface area (Å²) in [5.41, 5.74) is -0.640. The lowest BCUT2D eigenvalue weighted by atomic mass is 9.79. The highest BCUT2D eigenvalue weighted by Gasteiger charge is 2.41. The largest absolute Gasteiger partial charge is 0.489 e. The summed E-state index contributed by atoms with van der Waals surface area (Å²) < 4.78 is 10.8. The number of aliphatic hydroxyl groups is 2. The summed E-state index contributed by atoms with van der Waals surface area (Å²) in [5, 5.41) is 28.5. The van der Waals surface area contributed by atoms with Crippen molar-refractivity contribution in [1.82, 2.24) is 0 Å². The van der Waals surface area contributed by atoms with Gasteiger partial charge in [0.05, 0.1) is 6.10 Å². The zero-order valence-corrected chi connectivity index (χ0v) is 11.9. The van der Waals surface area contributed by atoms with Crippen molar-refractivity contribution in [3.8, 4) is 5.75 Å². The molecule has 7 nitrogen and oxygen atoms in total. The number of carboxylic acids is 1. The van der Waals surface area contributed by atoms with E-state index in [0.29, 0.717) is 0 Å². The topological polar surface area (TPSA) is 117 Å². The maximum absolute atomic E-state index is 12.1.